The molecule has 0 amide bonds. The quantitative estimate of drug-likeness (QED) is 0.330. The van der Waals surface area contributed by atoms with Crippen LogP contribution in [0.3, 0.4) is 0 Å². The van der Waals surface area contributed by atoms with Gasteiger partial charge >= 0.3 is 115 Å². The van der Waals surface area contributed by atoms with Gasteiger partial charge in [0.2, 0.25) is 0 Å². The summed E-state index contributed by atoms with van der Waals surface area (Å²) in [4.78, 5) is 0. The van der Waals surface area contributed by atoms with E-state index < -0.39 is 18.4 Å². The molecule has 0 aromatic heterocycles. The second-order valence-electron chi connectivity index (χ2n) is 5.91. The SMILES string of the molecule is CCC[CH2][2Sn]([CH2]CCC)([CH2]CCC)[CH2]CCC. The molecular weight excluding hydrogens is 194 g/mol. The summed E-state index contributed by atoms with van der Waals surface area (Å²) in [6.45, 7) is 9.48. The molecular formula is C16H36Sn. The maximum absolute atomic E-state index is 2.37. The van der Waals surface area contributed by atoms with Gasteiger partial charge in [-0.3, -0.25) is 0 Å². The van der Waals surface area contributed by atoms with E-state index in [-0.39, 0.29) is 0 Å². The zero-order chi connectivity index (χ0) is 13.0. The first-order chi connectivity index (χ1) is 8.24. The van der Waals surface area contributed by atoms with Crippen LogP contribution in [0.25, 0.3) is 0 Å². The molecule has 0 aromatic rings. The molecule has 0 rings (SSSR count). The van der Waals surface area contributed by atoms with Gasteiger partial charge in [-0.1, -0.05) is 0 Å². The molecule has 0 unspecified atom stereocenters. The van der Waals surface area contributed by atoms with E-state index >= 15 is 0 Å². The summed E-state index contributed by atoms with van der Waals surface area (Å²) in [5, 5.41) is 0. The van der Waals surface area contributed by atoms with Gasteiger partial charge in [0, 0.05) is 0 Å². The van der Waals surface area contributed by atoms with Crippen molar-refractivity contribution in [2.24, 2.45) is 0 Å². The van der Waals surface area contributed by atoms with E-state index in [0.29, 0.717) is 0 Å². The van der Waals surface area contributed by atoms with E-state index in [1.807, 2.05) is 0 Å². The zero-order valence-corrected chi connectivity index (χ0v) is 15.8. The normalized spacial score (nSPS) is 12.0. The van der Waals surface area contributed by atoms with Gasteiger partial charge in [0.05, 0.1) is 0 Å². The molecule has 0 fully saturated rings. The van der Waals surface area contributed by atoms with Crippen molar-refractivity contribution in [2.75, 3.05) is 0 Å². The first kappa shape index (κ1) is 17.8. The van der Waals surface area contributed by atoms with E-state index in [2.05, 4.69) is 27.7 Å². The molecule has 0 heterocycles. The Morgan fingerprint density at radius 2 is 0.706 bits per heavy atom. The van der Waals surface area contributed by atoms with Crippen LogP contribution in [0.15, 0.2) is 0 Å². The minimum atomic E-state index is -1.69. The van der Waals surface area contributed by atoms with E-state index in [4.69, 9.17) is 0 Å². The van der Waals surface area contributed by atoms with Crippen molar-refractivity contribution in [3.63, 3.8) is 0 Å². The summed E-state index contributed by atoms with van der Waals surface area (Å²) in [7, 11) is 0. The molecule has 0 N–H and O–H groups in total. The van der Waals surface area contributed by atoms with Crippen LogP contribution in [0.1, 0.15) is 79.1 Å². The van der Waals surface area contributed by atoms with Crippen LogP contribution < -0.4 is 0 Å². The molecule has 0 aliphatic heterocycles. The molecule has 0 radical (unpaired) electrons. The fourth-order valence-electron chi connectivity index (χ4n) is 2.96. The van der Waals surface area contributed by atoms with Gasteiger partial charge in [-0.2, -0.15) is 0 Å². The van der Waals surface area contributed by atoms with Gasteiger partial charge < -0.3 is 0 Å². The molecule has 0 saturated heterocycles. The van der Waals surface area contributed by atoms with E-state index in [1.165, 1.54) is 51.4 Å². The first-order valence-corrected chi connectivity index (χ1v) is 16.3. The Labute approximate surface area is 115 Å². The Bertz CT molecular complexity index is 116. The van der Waals surface area contributed by atoms with Gasteiger partial charge in [0.25, 0.3) is 0 Å². The van der Waals surface area contributed by atoms with Gasteiger partial charge in [0.15, 0.2) is 0 Å². The third-order valence-corrected chi connectivity index (χ3v) is 20.4. The molecule has 0 bridgehead atoms. The molecule has 0 spiro atoms. The molecule has 17 heavy (non-hydrogen) atoms. The molecule has 0 aliphatic rings. The summed E-state index contributed by atoms with van der Waals surface area (Å²) < 4.78 is 6.80. The van der Waals surface area contributed by atoms with Crippen LogP contribution in [0.2, 0.25) is 17.7 Å². The molecule has 0 atom stereocenters. The molecule has 1 heteroatoms. The Morgan fingerprint density at radius 1 is 0.471 bits per heavy atom. The van der Waals surface area contributed by atoms with E-state index in [9.17, 15) is 0 Å². The fourth-order valence-corrected chi connectivity index (χ4v) is 19.8. The van der Waals surface area contributed by atoms with Crippen LogP contribution >= 0.6 is 0 Å². The Kier molecular flexibility index (Phi) is 12.4. The van der Waals surface area contributed by atoms with Crippen molar-refractivity contribution in [1.82, 2.24) is 0 Å². The predicted molar refractivity (Wildman–Crippen MR) is 84.6 cm³/mol. The van der Waals surface area contributed by atoms with Gasteiger partial charge in [-0.25, -0.2) is 0 Å². The minimum absolute atomic E-state index is 1.42. The second kappa shape index (κ2) is 11.9. The van der Waals surface area contributed by atoms with Crippen molar-refractivity contribution in [1.29, 1.82) is 0 Å². The van der Waals surface area contributed by atoms with Crippen LogP contribution in [0.4, 0.5) is 0 Å². The first-order valence-electron chi connectivity index (χ1n) is 8.24. The Hall–Kier alpha value is 0.799. The van der Waals surface area contributed by atoms with Crippen LogP contribution in [-0.2, 0) is 0 Å². The second-order valence-corrected chi connectivity index (χ2v) is 20.2. The van der Waals surface area contributed by atoms with Crippen LogP contribution in [0, 0.1) is 0 Å². The van der Waals surface area contributed by atoms with Crippen molar-refractivity contribution in [2.45, 2.75) is 96.8 Å². The predicted octanol–water partition coefficient (Wildman–Crippen LogP) is 6.64. The van der Waals surface area contributed by atoms with Gasteiger partial charge in [0.1, 0.15) is 0 Å². The monoisotopic (exact) mass is 230 g/mol. The number of rotatable bonds is 12. The summed E-state index contributed by atoms with van der Waals surface area (Å²) in [5.41, 5.74) is 0. The number of unbranched alkanes of at least 4 members (excludes halogenated alkanes) is 4. The van der Waals surface area contributed by atoms with Crippen LogP contribution in [-0.4, -0.2) is 18.4 Å². The third kappa shape index (κ3) is 8.50. The summed E-state index contributed by atoms with van der Waals surface area (Å²) in [6, 6.07) is 0. The number of hydrogen-bond acceptors (Lipinski definition) is 0. The average molecular weight is 230 g/mol. The van der Waals surface area contributed by atoms with Gasteiger partial charge in [-0.05, 0) is 0 Å². The van der Waals surface area contributed by atoms with Crippen molar-refractivity contribution in [3.8, 4) is 0 Å². The summed E-state index contributed by atoms with van der Waals surface area (Å²) in [6.07, 6.45) is 11.8. The van der Waals surface area contributed by atoms with Gasteiger partial charge in [-0.15, -0.1) is 0 Å². The number of hydrogen-bond donors (Lipinski definition) is 0. The Morgan fingerprint density at radius 3 is 0.882 bits per heavy atom. The van der Waals surface area contributed by atoms with E-state index in [0.717, 1.165) is 0 Å². The Balaban J connectivity index is 4.39. The molecule has 0 aromatic carbocycles. The molecule has 104 valence electrons. The average Bonchev–Trinajstić information content (AvgIpc) is 2.37. The molecule has 0 saturated carbocycles. The van der Waals surface area contributed by atoms with Crippen molar-refractivity contribution in [3.05, 3.63) is 0 Å². The maximum atomic E-state index is 2.37. The summed E-state index contributed by atoms with van der Waals surface area (Å²) in [5.74, 6) is 0. The van der Waals surface area contributed by atoms with E-state index in [1.54, 1.807) is 17.7 Å². The zero-order valence-electron chi connectivity index (χ0n) is 13.0. The standard InChI is InChI=1S/4C4H9.Sn/c4*1-3-4-2;/h4*1,3-4H2,2H3;/i;;;;1+36. The third-order valence-electron chi connectivity index (χ3n) is 4.24. The molecule has 0 nitrogen and oxygen atoms in total. The van der Waals surface area contributed by atoms with Crippen LogP contribution in [0.5, 0.6) is 0 Å². The topological polar surface area (TPSA) is 0 Å². The fraction of sp³-hybridized carbons (Fsp3) is 1.00. The summed E-state index contributed by atoms with van der Waals surface area (Å²) >= 11 is -1.69. The van der Waals surface area contributed by atoms with Crippen molar-refractivity contribution < 1.29 is 0 Å². The molecule has 0 aliphatic carbocycles. The van der Waals surface area contributed by atoms with Crippen molar-refractivity contribution >= 4 is 18.4 Å².